The first kappa shape index (κ1) is 12.1. The molecule has 0 amide bonds. The van der Waals surface area contributed by atoms with Gasteiger partial charge in [-0.1, -0.05) is 6.07 Å². The van der Waals surface area contributed by atoms with Crippen LogP contribution in [-0.2, 0) is 6.54 Å². The summed E-state index contributed by atoms with van der Waals surface area (Å²) >= 11 is 1.19. The normalized spacial score (nSPS) is 11.2. The summed E-state index contributed by atoms with van der Waals surface area (Å²) in [5.74, 6) is 0. The molecule has 0 aliphatic carbocycles. The summed E-state index contributed by atoms with van der Waals surface area (Å²) in [6.07, 6.45) is 4.74. The third-order valence-electron chi connectivity index (χ3n) is 3.30. The van der Waals surface area contributed by atoms with E-state index < -0.39 is 0 Å². The number of hydrogen-bond acceptors (Lipinski definition) is 6. The molecule has 21 heavy (non-hydrogen) atoms. The van der Waals surface area contributed by atoms with E-state index >= 15 is 0 Å². The summed E-state index contributed by atoms with van der Waals surface area (Å²) in [7, 11) is 0. The van der Waals surface area contributed by atoms with E-state index in [2.05, 4.69) is 18.7 Å². The van der Waals surface area contributed by atoms with Crippen LogP contribution in [0.3, 0.4) is 0 Å². The van der Waals surface area contributed by atoms with Crippen LogP contribution in [0.25, 0.3) is 21.9 Å². The van der Waals surface area contributed by atoms with Crippen LogP contribution in [0.2, 0.25) is 0 Å². The smallest absolute Gasteiger partial charge is 0.261 e. The minimum absolute atomic E-state index is 0.0705. The highest BCUT2D eigenvalue weighted by molar-refractivity contribution is 7.00. The minimum Gasteiger partial charge on any atom is -0.294 e. The molecule has 6 nitrogen and oxygen atoms in total. The van der Waals surface area contributed by atoms with Gasteiger partial charge in [0.25, 0.3) is 5.56 Å². The number of hydrogen-bond donors (Lipinski definition) is 0. The van der Waals surface area contributed by atoms with Gasteiger partial charge >= 0.3 is 0 Å². The average Bonchev–Trinajstić information content (AvgIpc) is 2.98. The summed E-state index contributed by atoms with van der Waals surface area (Å²) in [6, 6.07) is 7.50. The van der Waals surface area contributed by atoms with Crippen LogP contribution in [0.1, 0.15) is 5.56 Å². The lowest BCUT2D eigenvalue weighted by Crippen LogP contribution is -2.21. The molecule has 0 atom stereocenters. The van der Waals surface area contributed by atoms with Crippen LogP contribution in [0.5, 0.6) is 0 Å². The van der Waals surface area contributed by atoms with E-state index in [0.717, 1.165) is 16.6 Å². The van der Waals surface area contributed by atoms with Crippen LogP contribution in [0.15, 0.2) is 47.8 Å². The SMILES string of the molecule is O=c1c2ccncc2ncn1Cc1ccc2nsnc2c1. The highest BCUT2D eigenvalue weighted by atomic mass is 32.1. The monoisotopic (exact) mass is 295 g/mol. The predicted molar refractivity (Wildman–Crippen MR) is 80.3 cm³/mol. The fraction of sp³-hybridized carbons (Fsp3) is 0.0714. The largest absolute Gasteiger partial charge is 0.294 e. The molecule has 0 saturated carbocycles. The Kier molecular flexibility index (Phi) is 2.71. The van der Waals surface area contributed by atoms with E-state index in [1.807, 2.05) is 18.2 Å². The molecule has 3 aromatic heterocycles. The highest BCUT2D eigenvalue weighted by Crippen LogP contribution is 2.14. The zero-order valence-corrected chi connectivity index (χ0v) is 11.6. The van der Waals surface area contributed by atoms with Crippen molar-refractivity contribution in [3.8, 4) is 0 Å². The van der Waals surface area contributed by atoms with Gasteiger partial charge in [-0.05, 0) is 23.8 Å². The van der Waals surface area contributed by atoms with E-state index in [0.29, 0.717) is 17.4 Å². The van der Waals surface area contributed by atoms with Crippen LogP contribution in [0.4, 0.5) is 0 Å². The molecular formula is C14H9N5OS. The van der Waals surface area contributed by atoms with Crippen molar-refractivity contribution in [2.75, 3.05) is 0 Å². The summed E-state index contributed by atoms with van der Waals surface area (Å²) < 4.78 is 9.97. The standard InChI is InChI=1S/C14H9N5OS/c20-14-10-3-4-15-6-13(10)16-8-19(14)7-9-1-2-11-12(5-9)18-21-17-11/h1-6,8H,7H2. The van der Waals surface area contributed by atoms with Gasteiger partial charge in [-0.3, -0.25) is 14.3 Å². The number of pyridine rings is 1. The zero-order valence-electron chi connectivity index (χ0n) is 10.8. The number of aromatic nitrogens is 5. The van der Waals surface area contributed by atoms with Crippen molar-refractivity contribution in [3.05, 3.63) is 58.9 Å². The average molecular weight is 295 g/mol. The van der Waals surface area contributed by atoms with Crippen LogP contribution < -0.4 is 5.56 Å². The molecule has 4 rings (SSSR count). The third-order valence-corrected chi connectivity index (χ3v) is 3.86. The Hall–Kier alpha value is -2.67. The fourth-order valence-corrected chi connectivity index (χ4v) is 2.76. The number of fused-ring (bicyclic) bond motifs is 2. The molecule has 1 aromatic carbocycles. The minimum atomic E-state index is -0.0705. The van der Waals surface area contributed by atoms with Gasteiger partial charge < -0.3 is 0 Å². The molecular weight excluding hydrogens is 286 g/mol. The predicted octanol–water partition coefficient (Wildman–Crippen LogP) is 1.84. The lowest BCUT2D eigenvalue weighted by atomic mass is 10.2. The van der Waals surface area contributed by atoms with Crippen molar-refractivity contribution in [1.29, 1.82) is 0 Å². The molecule has 4 aromatic rings. The number of benzene rings is 1. The van der Waals surface area contributed by atoms with E-state index in [1.54, 1.807) is 29.4 Å². The van der Waals surface area contributed by atoms with Gasteiger partial charge in [-0.2, -0.15) is 8.75 Å². The second kappa shape index (κ2) is 4.71. The van der Waals surface area contributed by atoms with Crippen molar-refractivity contribution in [3.63, 3.8) is 0 Å². The second-order valence-electron chi connectivity index (χ2n) is 4.66. The van der Waals surface area contributed by atoms with Gasteiger partial charge in [0.2, 0.25) is 0 Å². The summed E-state index contributed by atoms with van der Waals surface area (Å²) in [5, 5.41) is 0.573. The maximum atomic E-state index is 12.4. The summed E-state index contributed by atoms with van der Waals surface area (Å²) in [4.78, 5) is 20.7. The van der Waals surface area contributed by atoms with E-state index in [-0.39, 0.29) is 5.56 Å². The van der Waals surface area contributed by atoms with Crippen LogP contribution in [0, 0.1) is 0 Å². The van der Waals surface area contributed by atoms with Gasteiger partial charge in [-0.25, -0.2) is 4.98 Å². The molecule has 3 heterocycles. The van der Waals surface area contributed by atoms with Gasteiger partial charge in [0, 0.05) is 6.20 Å². The molecule has 0 spiro atoms. The van der Waals surface area contributed by atoms with Gasteiger partial charge in [0.05, 0.1) is 41.7 Å². The molecule has 0 aliphatic rings. The molecule has 7 heteroatoms. The zero-order chi connectivity index (χ0) is 14.2. The summed E-state index contributed by atoms with van der Waals surface area (Å²) in [6.45, 7) is 0.456. The molecule has 0 radical (unpaired) electrons. The van der Waals surface area contributed by atoms with E-state index in [9.17, 15) is 4.79 Å². The molecule has 0 N–H and O–H groups in total. The van der Waals surface area contributed by atoms with Crippen molar-refractivity contribution in [2.24, 2.45) is 0 Å². The first-order valence-corrected chi connectivity index (χ1v) is 7.05. The Bertz CT molecular complexity index is 1010. The van der Waals surface area contributed by atoms with E-state index in [1.165, 1.54) is 11.7 Å². The van der Waals surface area contributed by atoms with Gasteiger partial charge in [0.1, 0.15) is 11.0 Å². The molecule has 0 saturated heterocycles. The summed E-state index contributed by atoms with van der Waals surface area (Å²) in [5.41, 5.74) is 3.26. The number of rotatable bonds is 2. The van der Waals surface area contributed by atoms with Crippen LogP contribution in [-0.4, -0.2) is 23.3 Å². The van der Waals surface area contributed by atoms with Crippen molar-refractivity contribution in [1.82, 2.24) is 23.3 Å². The van der Waals surface area contributed by atoms with E-state index in [4.69, 9.17) is 0 Å². The first-order valence-electron chi connectivity index (χ1n) is 6.31. The maximum absolute atomic E-state index is 12.4. The molecule has 102 valence electrons. The van der Waals surface area contributed by atoms with Gasteiger partial charge in [-0.15, -0.1) is 0 Å². The van der Waals surface area contributed by atoms with Crippen LogP contribution >= 0.6 is 11.7 Å². The first-order chi connectivity index (χ1) is 10.3. The maximum Gasteiger partial charge on any atom is 0.261 e. The van der Waals surface area contributed by atoms with Crippen molar-refractivity contribution < 1.29 is 0 Å². The Morgan fingerprint density at radius 2 is 2.00 bits per heavy atom. The molecule has 0 aliphatic heterocycles. The number of nitrogens with zero attached hydrogens (tertiary/aromatic N) is 5. The van der Waals surface area contributed by atoms with Crippen molar-refractivity contribution >= 4 is 33.7 Å². The van der Waals surface area contributed by atoms with Crippen molar-refractivity contribution in [2.45, 2.75) is 6.54 Å². The lowest BCUT2D eigenvalue weighted by molar-refractivity contribution is 0.748. The molecule has 0 bridgehead atoms. The Balaban J connectivity index is 1.79. The highest BCUT2D eigenvalue weighted by Gasteiger charge is 2.06. The molecule has 0 unspecified atom stereocenters. The van der Waals surface area contributed by atoms with Gasteiger partial charge in [0.15, 0.2) is 0 Å². The third kappa shape index (κ3) is 2.07. The Morgan fingerprint density at radius 3 is 2.95 bits per heavy atom. The quantitative estimate of drug-likeness (QED) is 0.564. The molecule has 0 fully saturated rings. The Morgan fingerprint density at radius 1 is 1.10 bits per heavy atom. The topological polar surface area (TPSA) is 73.6 Å². The lowest BCUT2D eigenvalue weighted by Gasteiger charge is -2.06. The second-order valence-corrected chi connectivity index (χ2v) is 5.19. The fourth-order valence-electron chi connectivity index (χ4n) is 2.24. The Labute approximate surface area is 123 Å².